The average molecular weight is 184 g/mol. The molecule has 0 atom stereocenters. The van der Waals surface area contributed by atoms with Gasteiger partial charge in [-0.3, -0.25) is 20.4 Å². The summed E-state index contributed by atoms with van der Waals surface area (Å²) in [4.78, 5) is 22.2. The third-order valence-electron chi connectivity index (χ3n) is 2.27. The maximum Gasteiger partial charge on any atom is 0.246 e. The largest absolute Gasteiger partial charge is 0.380 e. The van der Waals surface area contributed by atoms with Gasteiger partial charge in [0.25, 0.3) is 0 Å². The van der Waals surface area contributed by atoms with Crippen LogP contribution in [-0.2, 0) is 14.3 Å². The Bertz CT molecular complexity index is 234. The van der Waals surface area contributed by atoms with Crippen molar-refractivity contribution in [3.05, 3.63) is 0 Å². The van der Waals surface area contributed by atoms with Crippen LogP contribution in [0.5, 0.6) is 0 Å². The molecule has 2 fully saturated rings. The van der Waals surface area contributed by atoms with Gasteiger partial charge in [0.2, 0.25) is 11.8 Å². The van der Waals surface area contributed by atoms with Crippen LogP contribution in [-0.4, -0.2) is 25.0 Å². The number of hydrogen-bond acceptors (Lipinski definition) is 3. The quantitative estimate of drug-likeness (QED) is 0.551. The van der Waals surface area contributed by atoms with Gasteiger partial charge in [-0.15, -0.1) is 0 Å². The molecule has 0 spiro atoms. The van der Waals surface area contributed by atoms with E-state index in [4.69, 9.17) is 4.74 Å². The standard InChI is InChI=1S/C8H12N2O3/c11-7(5-1-2-5)9-10-8(12)6-3-13-4-6/h5-6H,1-4H2,(H,9,11)(H,10,12). The van der Waals surface area contributed by atoms with Crippen molar-refractivity contribution in [1.82, 2.24) is 10.9 Å². The Morgan fingerprint density at radius 1 is 1.00 bits per heavy atom. The monoisotopic (exact) mass is 184 g/mol. The van der Waals surface area contributed by atoms with Gasteiger partial charge in [-0.2, -0.15) is 0 Å². The Kier molecular flexibility index (Phi) is 2.18. The van der Waals surface area contributed by atoms with Crippen molar-refractivity contribution in [1.29, 1.82) is 0 Å². The molecule has 0 unspecified atom stereocenters. The molecule has 1 heterocycles. The maximum atomic E-state index is 11.2. The second kappa shape index (κ2) is 3.33. The molecule has 5 heteroatoms. The molecule has 0 bridgehead atoms. The fraction of sp³-hybridized carbons (Fsp3) is 0.750. The molecule has 2 amide bonds. The third-order valence-corrected chi connectivity index (χ3v) is 2.27. The molecule has 0 radical (unpaired) electrons. The Labute approximate surface area is 75.8 Å². The van der Waals surface area contributed by atoms with Gasteiger partial charge in [-0.1, -0.05) is 0 Å². The molecular formula is C8H12N2O3. The number of amides is 2. The first-order chi connectivity index (χ1) is 6.27. The molecule has 2 rings (SSSR count). The Balaban J connectivity index is 1.65. The summed E-state index contributed by atoms with van der Waals surface area (Å²) >= 11 is 0. The summed E-state index contributed by atoms with van der Waals surface area (Å²) in [6.45, 7) is 0.927. The van der Waals surface area contributed by atoms with Gasteiger partial charge in [-0.05, 0) is 12.8 Å². The molecular weight excluding hydrogens is 172 g/mol. The summed E-state index contributed by atoms with van der Waals surface area (Å²) in [6.07, 6.45) is 1.88. The second-order valence-electron chi connectivity index (χ2n) is 3.49. The summed E-state index contributed by atoms with van der Waals surface area (Å²) in [6, 6.07) is 0. The lowest BCUT2D eigenvalue weighted by atomic mass is 10.1. The predicted molar refractivity (Wildman–Crippen MR) is 43.3 cm³/mol. The number of hydrazine groups is 1. The van der Waals surface area contributed by atoms with Gasteiger partial charge >= 0.3 is 0 Å². The van der Waals surface area contributed by atoms with Crippen molar-refractivity contribution in [3.8, 4) is 0 Å². The van der Waals surface area contributed by atoms with Crippen LogP contribution in [0.25, 0.3) is 0 Å². The first kappa shape index (κ1) is 8.50. The highest BCUT2D eigenvalue weighted by Gasteiger charge is 2.31. The molecule has 0 aromatic heterocycles. The zero-order valence-electron chi connectivity index (χ0n) is 7.21. The van der Waals surface area contributed by atoms with E-state index in [1.165, 1.54) is 0 Å². The molecule has 2 aliphatic rings. The van der Waals surface area contributed by atoms with E-state index in [0.717, 1.165) is 12.8 Å². The maximum absolute atomic E-state index is 11.2. The fourth-order valence-corrected chi connectivity index (χ4v) is 1.06. The third kappa shape index (κ3) is 1.98. The van der Waals surface area contributed by atoms with Crippen molar-refractivity contribution in [3.63, 3.8) is 0 Å². The molecule has 1 saturated heterocycles. The second-order valence-corrected chi connectivity index (χ2v) is 3.49. The Morgan fingerprint density at radius 2 is 1.54 bits per heavy atom. The number of carbonyl (C=O) groups is 2. The Hall–Kier alpha value is -1.10. The van der Waals surface area contributed by atoms with Gasteiger partial charge in [0.1, 0.15) is 0 Å². The summed E-state index contributed by atoms with van der Waals surface area (Å²) in [7, 11) is 0. The number of carbonyl (C=O) groups excluding carboxylic acids is 2. The summed E-state index contributed by atoms with van der Waals surface area (Å²) in [5.74, 6) is -0.189. The van der Waals surface area contributed by atoms with Crippen molar-refractivity contribution < 1.29 is 14.3 Å². The van der Waals surface area contributed by atoms with Gasteiger partial charge in [-0.25, -0.2) is 0 Å². The fourth-order valence-electron chi connectivity index (χ4n) is 1.06. The topological polar surface area (TPSA) is 67.4 Å². The first-order valence-electron chi connectivity index (χ1n) is 4.45. The van der Waals surface area contributed by atoms with Crippen molar-refractivity contribution in [2.75, 3.05) is 13.2 Å². The molecule has 0 aromatic carbocycles. The molecule has 1 aliphatic heterocycles. The highest BCUT2D eigenvalue weighted by molar-refractivity contribution is 5.85. The molecule has 5 nitrogen and oxygen atoms in total. The normalized spacial score (nSPS) is 21.8. The highest BCUT2D eigenvalue weighted by atomic mass is 16.5. The average Bonchev–Trinajstić information content (AvgIpc) is 2.78. The zero-order valence-corrected chi connectivity index (χ0v) is 7.21. The van der Waals surface area contributed by atoms with Crippen LogP contribution in [0.2, 0.25) is 0 Å². The van der Waals surface area contributed by atoms with Crippen LogP contribution >= 0.6 is 0 Å². The number of ether oxygens (including phenoxy) is 1. The van der Waals surface area contributed by atoms with E-state index in [1.54, 1.807) is 0 Å². The smallest absolute Gasteiger partial charge is 0.246 e. The van der Waals surface area contributed by atoms with Gasteiger partial charge in [0, 0.05) is 5.92 Å². The van der Waals surface area contributed by atoms with Crippen molar-refractivity contribution in [2.24, 2.45) is 11.8 Å². The summed E-state index contributed by atoms with van der Waals surface area (Å²) in [5, 5.41) is 0. The number of nitrogens with one attached hydrogen (secondary N) is 2. The zero-order chi connectivity index (χ0) is 9.26. The SMILES string of the molecule is O=C(NNC(=O)C1COC1)C1CC1. The molecule has 2 N–H and O–H groups in total. The van der Waals surface area contributed by atoms with E-state index in [9.17, 15) is 9.59 Å². The van der Waals surface area contributed by atoms with Crippen LogP contribution in [0.4, 0.5) is 0 Å². The van der Waals surface area contributed by atoms with E-state index >= 15 is 0 Å². The molecule has 1 aliphatic carbocycles. The summed E-state index contributed by atoms with van der Waals surface area (Å²) in [5.41, 5.74) is 4.79. The van der Waals surface area contributed by atoms with Crippen LogP contribution in [0.1, 0.15) is 12.8 Å². The molecule has 13 heavy (non-hydrogen) atoms. The Morgan fingerprint density at radius 3 is 1.92 bits per heavy atom. The lowest BCUT2D eigenvalue weighted by molar-refractivity contribution is -0.142. The number of rotatable bonds is 2. The minimum Gasteiger partial charge on any atom is -0.380 e. The van der Waals surface area contributed by atoms with Crippen LogP contribution in [0.3, 0.4) is 0 Å². The van der Waals surface area contributed by atoms with Crippen LogP contribution < -0.4 is 10.9 Å². The van der Waals surface area contributed by atoms with E-state index in [-0.39, 0.29) is 23.7 Å². The molecule has 0 aromatic rings. The number of hydrogen-bond donors (Lipinski definition) is 2. The van der Waals surface area contributed by atoms with Crippen molar-refractivity contribution in [2.45, 2.75) is 12.8 Å². The van der Waals surface area contributed by atoms with E-state index in [0.29, 0.717) is 13.2 Å². The van der Waals surface area contributed by atoms with Gasteiger partial charge < -0.3 is 4.74 Å². The van der Waals surface area contributed by atoms with E-state index in [2.05, 4.69) is 10.9 Å². The molecule has 72 valence electrons. The van der Waals surface area contributed by atoms with Crippen LogP contribution in [0, 0.1) is 11.8 Å². The van der Waals surface area contributed by atoms with Gasteiger partial charge in [0.05, 0.1) is 19.1 Å². The van der Waals surface area contributed by atoms with E-state index < -0.39 is 0 Å². The predicted octanol–water partition coefficient (Wildman–Crippen LogP) is -0.810. The lowest BCUT2D eigenvalue weighted by Crippen LogP contribution is -2.50. The van der Waals surface area contributed by atoms with Crippen molar-refractivity contribution >= 4 is 11.8 Å². The van der Waals surface area contributed by atoms with E-state index in [1.807, 2.05) is 0 Å². The minimum atomic E-state index is -0.153. The minimum absolute atomic E-state index is 0.0754. The highest BCUT2D eigenvalue weighted by Crippen LogP contribution is 2.28. The van der Waals surface area contributed by atoms with Crippen LogP contribution in [0.15, 0.2) is 0 Å². The first-order valence-corrected chi connectivity index (χ1v) is 4.45. The molecule has 1 saturated carbocycles. The van der Waals surface area contributed by atoms with Gasteiger partial charge in [0.15, 0.2) is 0 Å². The lowest BCUT2D eigenvalue weighted by Gasteiger charge is -2.24. The summed E-state index contributed by atoms with van der Waals surface area (Å²) < 4.78 is 4.85.